The highest BCUT2D eigenvalue weighted by atomic mass is 79.9. The smallest absolute Gasteiger partial charge is 0.312 e. The molecule has 0 unspecified atom stereocenters. The number of unbranched alkanes of at least 4 members (excludes halogenated alkanes) is 1. The van der Waals surface area contributed by atoms with Gasteiger partial charge in [-0.1, -0.05) is 29.3 Å². The fourth-order valence-corrected chi connectivity index (χ4v) is 3.97. The number of halogens is 2. The number of fused-ring (bicyclic) bond motifs is 1. The lowest BCUT2D eigenvalue weighted by molar-refractivity contribution is -0.385. The summed E-state index contributed by atoms with van der Waals surface area (Å²) >= 11 is 6.70. The molecule has 8 nitrogen and oxygen atoms in total. The summed E-state index contributed by atoms with van der Waals surface area (Å²) in [5, 5.41) is 16.2. The Hall–Kier alpha value is -2.59. The zero-order valence-corrected chi connectivity index (χ0v) is 20.1. The zero-order chi connectivity index (χ0) is 22.5. The lowest BCUT2D eigenvalue weighted by Crippen LogP contribution is -2.22. The van der Waals surface area contributed by atoms with E-state index in [1.54, 1.807) is 25.1 Å². The van der Waals surface area contributed by atoms with Gasteiger partial charge in [-0.2, -0.15) is 9.78 Å². The molecule has 0 N–H and O–H groups in total. The van der Waals surface area contributed by atoms with Crippen LogP contribution in [0.4, 0.5) is 5.69 Å². The number of ether oxygens (including phenoxy) is 1. The van der Waals surface area contributed by atoms with Gasteiger partial charge in [0, 0.05) is 22.5 Å². The van der Waals surface area contributed by atoms with Crippen LogP contribution in [0.25, 0.3) is 10.9 Å². The second-order valence-electron chi connectivity index (χ2n) is 6.70. The highest BCUT2D eigenvalue weighted by Crippen LogP contribution is 2.36. The van der Waals surface area contributed by atoms with Crippen LogP contribution in [0.5, 0.6) is 5.75 Å². The van der Waals surface area contributed by atoms with Gasteiger partial charge in [0.05, 0.1) is 33.1 Å². The summed E-state index contributed by atoms with van der Waals surface area (Å²) in [5.74, 6) is 0.695. The van der Waals surface area contributed by atoms with Crippen molar-refractivity contribution in [2.75, 3.05) is 6.61 Å². The van der Waals surface area contributed by atoms with Crippen LogP contribution < -0.4 is 10.3 Å². The van der Waals surface area contributed by atoms with Crippen molar-refractivity contribution in [2.24, 2.45) is 5.10 Å². The summed E-state index contributed by atoms with van der Waals surface area (Å²) in [6.07, 6.45) is 3.79. The van der Waals surface area contributed by atoms with Crippen LogP contribution in [0.3, 0.4) is 0 Å². The molecule has 0 fully saturated rings. The fourth-order valence-electron chi connectivity index (χ4n) is 3.03. The van der Waals surface area contributed by atoms with Crippen molar-refractivity contribution in [3.05, 3.63) is 71.1 Å². The number of hydrogen-bond acceptors (Lipinski definition) is 6. The second kappa shape index (κ2) is 10.1. The summed E-state index contributed by atoms with van der Waals surface area (Å²) < 4.78 is 7.85. The topological polar surface area (TPSA) is 99.6 Å². The Bertz CT molecular complexity index is 1220. The molecule has 0 saturated carbocycles. The molecule has 3 aromatic rings. The van der Waals surface area contributed by atoms with Gasteiger partial charge in [-0.25, -0.2) is 4.98 Å². The first-order chi connectivity index (χ1) is 14.8. The number of rotatable bonds is 8. The minimum absolute atomic E-state index is 0.155. The molecular weight excluding hydrogens is 532 g/mol. The first-order valence-corrected chi connectivity index (χ1v) is 11.3. The van der Waals surface area contributed by atoms with Crippen molar-refractivity contribution in [3.8, 4) is 5.75 Å². The molecule has 0 radical (unpaired) electrons. The third-order valence-electron chi connectivity index (χ3n) is 4.48. The predicted molar refractivity (Wildman–Crippen MR) is 127 cm³/mol. The summed E-state index contributed by atoms with van der Waals surface area (Å²) in [6.45, 7) is 4.10. The Morgan fingerprint density at radius 3 is 2.71 bits per heavy atom. The lowest BCUT2D eigenvalue weighted by atomic mass is 10.2. The van der Waals surface area contributed by atoms with Gasteiger partial charge in [0.1, 0.15) is 5.82 Å². The average molecular weight is 552 g/mol. The van der Waals surface area contributed by atoms with Crippen LogP contribution in [-0.2, 0) is 6.42 Å². The van der Waals surface area contributed by atoms with E-state index in [4.69, 9.17) is 4.74 Å². The van der Waals surface area contributed by atoms with E-state index in [-0.39, 0.29) is 17.0 Å². The van der Waals surface area contributed by atoms with Crippen LogP contribution in [0.1, 0.15) is 38.1 Å². The van der Waals surface area contributed by atoms with Gasteiger partial charge < -0.3 is 4.74 Å². The monoisotopic (exact) mass is 550 g/mol. The van der Waals surface area contributed by atoms with Crippen molar-refractivity contribution in [3.63, 3.8) is 0 Å². The van der Waals surface area contributed by atoms with Crippen molar-refractivity contribution in [1.29, 1.82) is 0 Å². The number of nitro benzene ring substituents is 1. The number of aryl methyl sites for hydroxylation is 1. The van der Waals surface area contributed by atoms with E-state index in [0.717, 1.165) is 17.3 Å². The second-order valence-corrected chi connectivity index (χ2v) is 8.47. The van der Waals surface area contributed by atoms with Gasteiger partial charge in [0.15, 0.2) is 0 Å². The maximum Gasteiger partial charge on any atom is 0.312 e. The molecule has 0 aliphatic heterocycles. The van der Waals surface area contributed by atoms with E-state index in [2.05, 4.69) is 48.9 Å². The van der Waals surface area contributed by atoms with Crippen LogP contribution in [0.15, 0.2) is 49.2 Å². The van der Waals surface area contributed by atoms with Crippen LogP contribution in [0, 0.1) is 10.1 Å². The molecule has 31 heavy (non-hydrogen) atoms. The molecule has 0 bridgehead atoms. The van der Waals surface area contributed by atoms with Gasteiger partial charge in [0.2, 0.25) is 5.75 Å². The Labute approximate surface area is 195 Å². The summed E-state index contributed by atoms with van der Waals surface area (Å²) in [5.41, 5.74) is 0.569. The van der Waals surface area contributed by atoms with Gasteiger partial charge in [0.25, 0.3) is 5.56 Å². The SMILES string of the molecule is CCCCc1nc2ccc(Br)cc2c(=O)n1N=Cc1cc(Br)c(OCC)c([N+](=O)[O-])c1. The number of aromatic nitrogens is 2. The minimum atomic E-state index is -0.513. The Morgan fingerprint density at radius 2 is 2.03 bits per heavy atom. The Kier molecular flexibility index (Phi) is 7.55. The molecule has 0 aliphatic rings. The molecule has 162 valence electrons. The number of benzene rings is 2. The standard InChI is InChI=1S/C21H20Br2N4O4/c1-3-5-6-19-25-17-8-7-14(22)11-15(17)21(28)26(19)24-12-13-9-16(23)20(31-4-2)18(10-13)27(29)30/h7-12H,3-6H2,1-2H3. The summed E-state index contributed by atoms with van der Waals surface area (Å²) in [6, 6.07) is 8.35. The molecule has 0 amide bonds. The molecular formula is C21H20Br2N4O4. The van der Waals surface area contributed by atoms with Crippen molar-refractivity contribution < 1.29 is 9.66 Å². The van der Waals surface area contributed by atoms with E-state index < -0.39 is 4.92 Å². The zero-order valence-electron chi connectivity index (χ0n) is 17.0. The van der Waals surface area contributed by atoms with Gasteiger partial charge in [-0.15, -0.1) is 0 Å². The number of nitrogens with zero attached hydrogens (tertiary/aromatic N) is 4. The summed E-state index contributed by atoms with van der Waals surface area (Å²) in [4.78, 5) is 28.7. The van der Waals surface area contributed by atoms with E-state index >= 15 is 0 Å². The quantitative estimate of drug-likeness (QED) is 0.210. The number of nitro groups is 1. The molecule has 1 aromatic heterocycles. The third kappa shape index (κ3) is 5.19. The molecule has 0 atom stereocenters. The molecule has 0 aliphatic carbocycles. The highest BCUT2D eigenvalue weighted by molar-refractivity contribution is 9.10. The highest BCUT2D eigenvalue weighted by Gasteiger charge is 2.20. The van der Waals surface area contributed by atoms with E-state index in [9.17, 15) is 14.9 Å². The van der Waals surface area contributed by atoms with Crippen LogP contribution in [0.2, 0.25) is 0 Å². The fraction of sp³-hybridized carbons (Fsp3) is 0.286. The van der Waals surface area contributed by atoms with Crippen molar-refractivity contribution >= 4 is 54.7 Å². The normalized spacial score (nSPS) is 11.4. The van der Waals surface area contributed by atoms with Crippen molar-refractivity contribution in [2.45, 2.75) is 33.1 Å². The largest absolute Gasteiger partial charge is 0.486 e. The van der Waals surface area contributed by atoms with E-state index in [1.807, 2.05) is 6.07 Å². The minimum Gasteiger partial charge on any atom is -0.486 e. The Morgan fingerprint density at radius 1 is 1.26 bits per heavy atom. The third-order valence-corrected chi connectivity index (χ3v) is 5.57. The van der Waals surface area contributed by atoms with Gasteiger partial charge in [-0.05, 0) is 53.5 Å². The average Bonchev–Trinajstić information content (AvgIpc) is 2.73. The van der Waals surface area contributed by atoms with Gasteiger partial charge in [-0.3, -0.25) is 14.9 Å². The van der Waals surface area contributed by atoms with E-state index in [1.165, 1.54) is 17.0 Å². The first-order valence-electron chi connectivity index (χ1n) is 9.72. The maximum atomic E-state index is 13.1. The van der Waals surface area contributed by atoms with E-state index in [0.29, 0.717) is 39.8 Å². The molecule has 2 aromatic carbocycles. The first kappa shape index (κ1) is 23.1. The van der Waals surface area contributed by atoms with Crippen molar-refractivity contribution in [1.82, 2.24) is 9.66 Å². The predicted octanol–water partition coefficient (Wildman–Crippen LogP) is 5.45. The molecule has 0 saturated heterocycles. The molecule has 0 spiro atoms. The Balaban J connectivity index is 2.12. The number of hydrogen-bond donors (Lipinski definition) is 0. The van der Waals surface area contributed by atoms with Crippen LogP contribution in [-0.4, -0.2) is 27.4 Å². The molecule has 3 rings (SSSR count). The molecule has 10 heteroatoms. The lowest BCUT2D eigenvalue weighted by Gasteiger charge is -2.10. The molecule has 1 heterocycles. The van der Waals surface area contributed by atoms with Crippen LogP contribution >= 0.6 is 31.9 Å². The maximum absolute atomic E-state index is 13.1. The summed E-state index contributed by atoms with van der Waals surface area (Å²) in [7, 11) is 0. The van der Waals surface area contributed by atoms with Gasteiger partial charge >= 0.3 is 5.69 Å².